The molecule has 1 amide bonds. The summed E-state index contributed by atoms with van der Waals surface area (Å²) in [4.78, 5) is 34.2. The van der Waals surface area contributed by atoms with Gasteiger partial charge in [0.05, 0.1) is 40.9 Å². The van der Waals surface area contributed by atoms with E-state index < -0.39 is 0 Å². The number of fused-ring (bicyclic) bond motifs is 1. The van der Waals surface area contributed by atoms with Crippen LogP contribution in [-0.4, -0.2) is 20.4 Å². The summed E-state index contributed by atoms with van der Waals surface area (Å²) in [7, 11) is 0. The summed E-state index contributed by atoms with van der Waals surface area (Å²) >= 11 is 0. The van der Waals surface area contributed by atoms with Crippen LogP contribution < -0.4 is 10.9 Å². The first-order chi connectivity index (χ1) is 14.4. The van der Waals surface area contributed by atoms with Gasteiger partial charge < -0.3 is 14.3 Å². The monoisotopic (exact) mass is 406 g/mol. The van der Waals surface area contributed by atoms with Gasteiger partial charge in [0, 0.05) is 13.1 Å². The Bertz CT molecular complexity index is 1310. The Morgan fingerprint density at radius 1 is 1.20 bits per heavy atom. The van der Waals surface area contributed by atoms with Crippen molar-refractivity contribution in [2.75, 3.05) is 0 Å². The standard InChI is InChI=1S/C22H19FN4O3/c1-13-18(21(28)24-10-17-12-30-14(2)26-17)9-19-20(25-13)6-7-27(22(19)29)11-15-4-3-5-16(23)8-15/h3-9,12H,10-11H2,1-2H3,(H,24,28). The number of hydrogen-bond acceptors (Lipinski definition) is 5. The first-order valence-electron chi connectivity index (χ1n) is 9.35. The Morgan fingerprint density at radius 2 is 2.03 bits per heavy atom. The maximum atomic E-state index is 13.5. The molecular weight excluding hydrogens is 387 g/mol. The van der Waals surface area contributed by atoms with Crippen molar-refractivity contribution in [1.82, 2.24) is 19.9 Å². The zero-order chi connectivity index (χ0) is 21.3. The number of aryl methyl sites for hydroxylation is 2. The molecule has 1 N–H and O–H groups in total. The summed E-state index contributed by atoms with van der Waals surface area (Å²) < 4.78 is 20.0. The number of halogens is 1. The summed E-state index contributed by atoms with van der Waals surface area (Å²) in [5, 5.41) is 3.08. The number of oxazole rings is 1. The SMILES string of the molecule is Cc1nc(CNC(=O)c2cc3c(=O)n(Cc4cccc(F)c4)ccc3nc2C)co1. The summed E-state index contributed by atoms with van der Waals surface area (Å²) in [6, 6.07) is 9.34. The predicted octanol–water partition coefficient (Wildman–Crippen LogP) is 3.12. The Morgan fingerprint density at radius 3 is 2.77 bits per heavy atom. The molecule has 0 bridgehead atoms. The fourth-order valence-electron chi connectivity index (χ4n) is 3.25. The van der Waals surface area contributed by atoms with Crippen LogP contribution >= 0.6 is 0 Å². The fourth-order valence-corrected chi connectivity index (χ4v) is 3.25. The van der Waals surface area contributed by atoms with Crippen molar-refractivity contribution < 1.29 is 13.6 Å². The molecule has 30 heavy (non-hydrogen) atoms. The van der Waals surface area contributed by atoms with Crippen molar-refractivity contribution in [3.8, 4) is 0 Å². The van der Waals surface area contributed by atoms with E-state index in [4.69, 9.17) is 4.42 Å². The quantitative estimate of drug-likeness (QED) is 0.550. The van der Waals surface area contributed by atoms with E-state index in [0.29, 0.717) is 39.3 Å². The summed E-state index contributed by atoms with van der Waals surface area (Å²) in [5.41, 5.74) is 2.28. The van der Waals surface area contributed by atoms with Crippen molar-refractivity contribution in [2.24, 2.45) is 0 Å². The third kappa shape index (κ3) is 3.98. The molecule has 152 valence electrons. The average Bonchev–Trinajstić information content (AvgIpc) is 3.13. The van der Waals surface area contributed by atoms with E-state index >= 15 is 0 Å². The lowest BCUT2D eigenvalue weighted by atomic mass is 10.1. The lowest BCUT2D eigenvalue weighted by Gasteiger charge is -2.10. The molecule has 0 saturated heterocycles. The molecule has 0 saturated carbocycles. The summed E-state index contributed by atoms with van der Waals surface area (Å²) in [6.45, 7) is 3.85. The van der Waals surface area contributed by atoms with Crippen LogP contribution in [0.25, 0.3) is 10.9 Å². The maximum absolute atomic E-state index is 13.5. The van der Waals surface area contributed by atoms with Gasteiger partial charge in [0.2, 0.25) is 0 Å². The van der Waals surface area contributed by atoms with Gasteiger partial charge in [-0.15, -0.1) is 0 Å². The number of nitrogens with one attached hydrogen (secondary N) is 1. The number of benzene rings is 1. The van der Waals surface area contributed by atoms with E-state index in [-0.39, 0.29) is 30.4 Å². The Balaban J connectivity index is 1.64. The third-order valence-corrected chi connectivity index (χ3v) is 4.73. The molecule has 0 spiro atoms. The molecular formula is C22H19FN4O3. The summed E-state index contributed by atoms with van der Waals surface area (Å²) in [5.74, 6) is -0.205. The van der Waals surface area contributed by atoms with Crippen molar-refractivity contribution in [3.05, 3.63) is 93.4 Å². The molecule has 0 fully saturated rings. The molecule has 0 atom stereocenters. The van der Waals surface area contributed by atoms with Crippen molar-refractivity contribution in [1.29, 1.82) is 0 Å². The number of amides is 1. The Hall–Kier alpha value is -3.81. The highest BCUT2D eigenvalue weighted by Gasteiger charge is 2.15. The summed E-state index contributed by atoms with van der Waals surface area (Å²) in [6.07, 6.45) is 3.10. The van der Waals surface area contributed by atoms with Gasteiger partial charge in [-0.3, -0.25) is 14.6 Å². The van der Waals surface area contributed by atoms with E-state index in [1.165, 1.54) is 23.0 Å². The molecule has 3 heterocycles. The van der Waals surface area contributed by atoms with Crippen LogP contribution in [0.5, 0.6) is 0 Å². The predicted molar refractivity (Wildman–Crippen MR) is 109 cm³/mol. The van der Waals surface area contributed by atoms with E-state index in [1.807, 2.05) is 0 Å². The zero-order valence-corrected chi connectivity index (χ0v) is 16.5. The average molecular weight is 406 g/mol. The number of pyridine rings is 2. The highest BCUT2D eigenvalue weighted by Crippen LogP contribution is 2.15. The number of hydrogen-bond donors (Lipinski definition) is 1. The van der Waals surface area contributed by atoms with Gasteiger partial charge in [-0.1, -0.05) is 12.1 Å². The largest absolute Gasteiger partial charge is 0.449 e. The second-order valence-corrected chi connectivity index (χ2v) is 6.97. The molecule has 0 aliphatic carbocycles. The van der Waals surface area contributed by atoms with Crippen molar-refractivity contribution >= 4 is 16.8 Å². The maximum Gasteiger partial charge on any atom is 0.260 e. The van der Waals surface area contributed by atoms with Crippen molar-refractivity contribution in [3.63, 3.8) is 0 Å². The van der Waals surface area contributed by atoms with Crippen LogP contribution in [0.1, 0.15) is 33.2 Å². The van der Waals surface area contributed by atoms with Gasteiger partial charge >= 0.3 is 0 Å². The number of carbonyl (C=O) groups is 1. The number of aromatic nitrogens is 3. The smallest absolute Gasteiger partial charge is 0.260 e. The van der Waals surface area contributed by atoms with Gasteiger partial charge in [-0.2, -0.15) is 0 Å². The van der Waals surface area contributed by atoms with Crippen LogP contribution in [0.15, 0.2) is 58.1 Å². The van der Waals surface area contributed by atoms with E-state index in [1.54, 1.807) is 44.3 Å². The van der Waals surface area contributed by atoms with E-state index in [9.17, 15) is 14.0 Å². The molecule has 7 nitrogen and oxygen atoms in total. The zero-order valence-electron chi connectivity index (χ0n) is 16.5. The second kappa shape index (κ2) is 7.90. The topological polar surface area (TPSA) is 90.0 Å². The highest BCUT2D eigenvalue weighted by atomic mass is 19.1. The van der Waals surface area contributed by atoms with Gasteiger partial charge in [0.25, 0.3) is 11.5 Å². The lowest BCUT2D eigenvalue weighted by Crippen LogP contribution is -2.25. The minimum atomic E-state index is -0.361. The molecule has 0 aliphatic rings. The first-order valence-corrected chi connectivity index (χ1v) is 9.35. The molecule has 0 radical (unpaired) electrons. The number of nitrogens with zero attached hydrogens (tertiary/aromatic N) is 3. The third-order valence-electron chi connectivity index (χ3n) is 4.73. The van der Waals surface area contributed by atoms with Crippen LogP contribution in [0.4, 0.5) is 4.39 Å². The molecule has 4 aromatic rings. The van der Waals surface area contributed by atoms with Crippen molar-refractivity contribution in [2.45, 2.75) is 26.9 Å². The molecule has 3 aromatic heterocycles. The number of carbonyl (C=O) groups excluding carboxylic acids is 1. The molecule has 4 rings (SSSR count). The number of rotatable bonds is 5. The second-order valence-electron chi connectivity index (χ2n) is 6.97. The van der Waals surface area contributed by atoms with Gasteiger partial charge in [-0.25, -0.2) is 9.37 Å². The van der Waals surface area contributed by atoms with Crippen LogP contribution in [-0.2, 0) is 13.1 Å². The first kappa shape index (κ1) is 19.5. The van der Waals surface area contributed by atoms with E-state index in [2.05, 4.69) is 15.3 Å². The lowest BCUT2D eigenvalue weighted by molar-refractivity contribution is 0.0949. The minimum absolute atomic E-state index is 0.201. The van der Waals surface area contributed by atoms with Crippen LogP contribution in [0.2, 0.25) is 0 Å². The Kier molecular flexibility index (Phi) is 5.14. The molecule has 0 aliphatic heterocycles. The molecule has 1 aromatic carbocycles. The van der Waals surface area contributed by atoms with Gasteiger partial charge in [-0.05, 0) is 36.8 Å². The van der Waals surface area contributed by atoms with Crippen LogP contribution in [0.3, 0.4) is 0 Å². The fraction of sp³-hybridized carbons (Fsp3) is 0.182. The van der Waals surface area contributed by atoms with Crippen LogP contribution in [0, 0.1) is 19.7 Å². The minimum Gasteiger partial charge on any atom is -0.449 e. The molecule has 0 unspecified atom stereocenters. The van der Waals surface area contributed by atoms with Gasteiger partial charge in [0.1, 0.15) is 12.1 Å². The Labute approximate surface area is 171 Å². The highest BCUT2D eigenvalue weighted by molar-refractivity contribution is 5.98. The molecule has 8 heteroatoms. The normalized spacial score (nSPS) is 11.0. The van der Waals surface area contributed by atoms with E-state index in [0.717, 1.165) is 0 Å². The van der Waals surface area contributed by atoms with Gasteiger partial charge in [0.15, 0.2) is 5.89 Å².